The SMILES string of the molecule is CO[C@H]1CCCC2C1=C(C)N1C(=O)[C@H]([C@@H](C)O)[C@@H]21. The van der Waals surface area contributed by atoms with Crippen molar-refractivity contribution in [2.24, 2.45) is 11.8 Å². The fourth-order valence-electron chi connectivity index (χ4n) is 4.16. The van der Waals surface area contributed by atoms with Gasteiger partial charge >= 0.3 is 0 Å². The highest BCUT2D eigenvalue weighted by Gasteiger charge is 2.59. The molecule has 0 aromatic carbocycles. The van der Waals surface area contributed by atoms with Crippen molar-refractivity contribution in [1.82, 2.24) is 4.90 Å². The highest BCUT2D eigenvalue weighted by molar-refractivity contribution is 5.90. The summed E-state index contributed by atoms with van der Waals surface area (Å²) in [6.07, 6.45) is 2.92. The average Bonchev–Trinajstić information content (AvgIpc) is 2.58. The Morgan fingerprint density at radius 3 is 2.78 bits per heavy atom. The van der Waals surface area contributed by atoms with Crippen LogP contribution in [0.25, 0.3) is 0 Å². The van der Waals surface area contributed by atoms with Crippen LogP contribution in [0.5, 0.6) is 0 Å². The predicted octanol–water partition coefficient (Wildman–Crippen LogP) is 1.30. The summed E-state index contributed by atoms with van der Waals surface area (Å²) in [7, 11) is 1.75. The van der Waals surface area contributed by atoms with Gasteiger partial charge in [0, 0.05) is 18.7 Å². The van der Waals surface area contributed by atoms with Crippen molar-refractivity contribution in [2.45, 2.75) is 51.4 Å². The van der Waals surface area contributed by atoms with E-state index in [4.69, 9.17) is 4.74 Å². The van der Waals surface area contributed by atoms with Crippen molar-refractivity contribution >= 4 is 5.91 Å². The van der Waals surface area contributed by atoms with Crippen LogP contribution in [-0.4, -0.2) is 41.3 Å². The van der Waals surface area contributed by atoms with Crippen LogP contribution in [0.2, 0.25) is 0 Å². The van der Waals surface area contributed by atoms with E-state index >= 15 is 0 Å². The Bertz CT molecular complexity index is 415. The van der Waals surface area contributed by atoms with Gasteiger partial charge in [-0.3, -0.25) is 4.79 Å². The van der Waals surface area contributed by atoms with Gasteiger partial charge in [-0.1, -0.05) is 0 Å². The lowest BCUT2D eigenvalue weighted by molar-refractivity contribution is -0.160. The van der Waals surface area contributed by atoms with Gasteiger partial charge in [-0.2, -0.15) is 0 Å². The minimum atomic E-state index is -0.547. The Hall–Kier alpha value is -0.870. The number of aliphatic hydroxyl groups excluding tert-OH is 1. The van der Waals surface area contributed by atoms with Crippen LogP contribution >= 0.6 is 0 Å². The molecule has 2 heterocycles. The maximum absolute atomic E-state index is 12.1. The van der Waals surface area contributed by atoms with Gasteiger partial charge in [-0.15, -0.1) is 0 Å². The number of carbonyl (C=O) groups is 1. The van der Waals surface area contributed by atoms with E-state index in [-0.39, 0.29) is 24.0 Å². The standard InChI is InChI=1S/C14H21NO3/c1-7-11-9(5-4-6-10(11)18-3)13-12(8(2)16)14(17)15(7)13/h8-10,12-13,16H,4-6H2,1-3H3/t8-,9?,10+,12-,13-/m1/s1. The number of methoxy groups -OCH3 is 1. The summed E-state index contributed by atoms with van der Waals surface area (Å²) in [4.78, 5) is 14.0. The summed E-state index contributed by atoms with van der Waals surface area (Å²) >= 11 is 0. The van der Waals surface area contributed by atoms with Crippen molar-refractivity contribution in [3.63, 3.8) is 0 Å². The molecule has 1 N–H and O–H groups in total. The largest absolute Gasteiger partial charge is 0.393 e. The van der Waals surface area contributed by atoms with Crippen molar-refractivity contribution in [3.05, 3.63) is 11.3 Å². The Kier molecular flexibility index (Phi) is 2.75. The smallest absolute Gasteiger partial charge is 0.234 e. The van der Waals surface area contributed by atoms with Crippen LogP contribution in [0, 0.1) is 11.8 Å². The molecule has 18 heavy (non-hydrogen) atoms. The molecule has 4 heteroatoms. The number of hydrogen-bond acceptors (Lipinski definition) is 3. The van der Waals surface area contributed by atoms with Crippen molar-refractivity contribution in [1.29, 1.82) is 0 Å². The molecule has 3 aliphatic rings. The fourth-order valence-corrected chi connectivity index (χ4v) is 4.16. The van der Waals surface area contributed by atoms with E-state index in [9.17, 15) is 9.90 Å². The molecule has 5 atom stereocenters. The normalized spacial score (nSPS) is 40.4. The first kappa shape index (κ1) is 12.2. The molecule has 0 aromatic rings. The van der Waals surface area contributed by atoms with E-state index in [0.717, 1.165) is 25.0 Å². The van der Waals surface area contributed by atoms with Crippen LogP contribution in [-0.2, 0) is 9.53 Å². The second kappa shape index (κ2) is 4.07. The van der Waals surface area contributed by atoms with Crippen LogP contribution in [0.3, 0.4) is 0 Å². The maximum Gasteiger partial charge on any atom is 0.234 e. The molecule has 1 amide bonds. The summed E-state index contributed by atoms with van der Waals surface area (Å²) in [6, 6.07) is 0.186. The number of hydrogen-bond donors (Lipinski definition) is 1. The number of rotatable bonds is 2. The minimum absolute atomic E-state index is 0.0873. The Morgan fingerprint density at radius 1 is 1.44 bits per heavy atom. The number of amides is 1. The van der Waals surface area contributed by atoms with Gasteiger partial charge in [0.2, 0.25) is 5.91 Å². The number of carbonyl (C=O) groups excluding carboxylic acids is 1. The average molecular weight is 251 g/mol. The lowest BCUT2D eigenvalue weighted by Gasteiger charge is -2.48. The quantitative estimate of drug-likeness (QED) is 0.753. The Labute approximate surface area is 108 Å². The van der Waals surface area contributed by atoms with E-state index < -0.39 is 6.10 Å². The van der Waals surface area contributed by atoms with Gasteiger partial charge < -0.3 is 14.7 Å². The summed E-state index contributed by atoms with van der Waals surface area (Å²) in [5, 5.41) is 9.79. The molecule has 3 rings (SSSR count). The highest BCUT2D eigenvalue weighted by atomic mass is 16.5. The predicted molar refractivity (Wildman–Crippen MR) is 66.6 cm³/mol. The lowest BCUT2D eigenvalue weighted by Crippen LogP contribution is -2.63. The Balaban J connectivity index is 1.95. The van der Waals surface area contributed by atoms with E-state index in [1.807, 2.05) is 11.8 Å². The van der Waals surface area contributed by atoms with E-state index in [2.05, 4.69) is 0 Å². The summed E-state index contributed by atoms with van der Waals surface area (Å²) in [5.74, 6) is 0.281. The topological polar surface area (TPSA) is 49.8 Å². The fraction of sp³-hybridized carbons (Fsp3) is 0.786. The zero-order valence-electron chi connectivity index (χ0n) is 11.2. The van der Waals surface area contributed by atoms with Gasteiger partial charge in [-0.25, -0.2) is 0 Å². The van der Waals surface area contributed by atoms with Crippen LogP contribution in [0.15, 0.2) is 11.3 Å². The minimum Gasteiger partial charge on any atom is -0.393 e. The molecule has 1 aliphatic carbocycles. The number of aliphatic hydroxyl groups is 1. The number of nitrogens with zero attached hydrogens (tertiary/aromatic N) is 1. The second-order valence-electron chi connectivity index (χ2n) is 5.77. The van der Waals surface area contributed by atoms with Crippen molar-refractivity contribution in [3.8, 4) is 0 Å². The molecular weight excluding hydrogens is 230 g/mol. The molecule has 0 radical (unpaired) electrons. The van der Waals surface area contributed by atoms with E-state index in [0.29, 0.717) is 5.92 Å². The van der Waals surface area contributed by atoms with Crippen molar-refractivity contribution < 1.29 is 14.6 Å². The molecular formula is C14H21NO3. The molecule has 1 saturated heterocycles. The van der Waals surface area contributed by atoms with E-state index in [1.54, 1.807) is 14.0 Å². The number of ether oxygens (including phenoxy) is 1. The molecule has 1 saturated carbocycles. The zero-order valence-corrected chi connectivity index (χ0v) is 11.2. The molecule has 2 aliphatic heterocycles. The number of fused-ring (bicyclic) bond motifs is 3. The van der Waals surface area contributed by atoms with Crippen LogP contribution in [0.4, 0.5) is 0 Å². The highest BCUT2D eigenvalue weighted by Crippen LogP contribution is 2.52. The molecule has 4 nitrogen and oxygen atoms in total. The third kappa shape index (κ3) is 1.36. The maximum atomic E-state index is 12.1. The first-order valence-corrected chi connectivity index (χ1v) is 6.82. The molecule has 1 unspecified atom stereocenters. The number of β-lactam (4-membered cyclic amide) rings is 1. The third-order valence-electron chi connectivity index (χ3n) is 4.91. The Morgan fingerprint density at radius 2 is 2.17 bits per heavy atom. The van der Waals surface area contributed by atoms with Gasteiger partial charge in [0.05, 0.1) is 24.2 Å². The summed E-state index contributed by atoms with van der Waals surface area (Å²) in [6.45, 7) is 3.75. The van der Waals surface area contributed by atoms with E-state index in [1.165, 1.54) is 5.57 Å². The van der Waals surface area contributed by atoms with Crippen molar-refractivity contribution in [2.75, 3.05) is 7.11 Å². The monoisotopic (exact) mass is 251 g/mol. The third-order valence-corrected chi connectivity index (χ3v) is 4.91. The summed E-state index contributed by atoms with van der Waals surface area (Å²) < 4.78 is 5.57. The van der Waals surface area contributed by atoms with Gasteiger partial charge in [-0.05, 0) is 38.7 Å². The number of allylic oxidation sites excluding steroid dienone is 1. The van der Waals surface area contributed by atoms with Gasteiger partial charge in [0.1, 0.15) is 0 Å². The first-order valence-electron chi connectivity index (χ1n) is 6.82. The molecule has 2 fully saturated rings. The van der Waals surface area contributed by atoms with Gasteiger partial charge in [0.25, 0.3) is 0 Å². The zero-order chi connectivity index (χ0) is 13.0. The molecule has 0 aromatic heterocycles. The second-order valence-corrected chi connectivity index (χ2v) is 5.77. The van der Waals surface area contributed by atoms with Crippen LogP contribution < -0.4 is 0 Å². The lowest BCUT2D eigenvalue weighted by atomic mass is 9.72. The first-order chi connectivity index (χ1) is 8.57. The molecule has 0 spiro atoms. The molecule has 100 valence electrons. The molecule has 0 bridgehead atoms. The van der Waals surface area contributed by atoms with Crippen LogP contribution in [0.1, 0.15) is 33.1 Å². The van der Waals surface area contributed by atoms with Gasteiger partial charge in [0.15, 0.2) is 0 Å². The summed E-state index contributed by atoms with van der Waals surface area (Å²) in [5.41, 5.74) is 2.39.